The van der Waals surface area contributed by atoms with Crippen LogP contribution in [0.2, 0.25) is 0 Å². The topological polar surface area (TPSA) is 47.6 Å². The number of rotatable bonds is 3. The molecule has 0 saturated carbocycles. The van der Waals surface area contributed by atoms with Gasteiger partial charge in [0.15, 0.2) is 0 Å². The summed E-state index contributed by atoms with van der Waals surface area (Å²) < 4.78 is 10.7. The van der Waals surface area contributed by atoms with Crippen molar-refractivity contribution in [3.8, 4) is 0 Å². The first-order valence-corrected chi connectivity index (χ1v) is 6.87. The summed E-state index contributed by atoms with van der Waals surface area (Å²) in [4.78, 5) is 12.0. The molecule has 0 aromatic heterocycles. The monoisotopic (exact) mass is 261 g/mol. The number of hydrogen-bond acceptors (Lipinski definition) is 4. The molecule has 2 heterocycles. The van der Waals surface area contributed by atoms with Crippen molar-refractivity contribution >= 4 is 5.97 Å². The van der Waals surface area contributed by atoms with Crippen molar-refractivity contribution in [1.29, 1.82) is 0 Å². The molecule has 1 aromatic rings. The summed E-state index contributed by atoms with van der Waals surface area (Å²) in [6.07, 6.45) is 1.71. The highest BCUT2D eigenvalue weighted by molar-refractivity contribution is 5.76. The van der Waals surface area contributed by atoms with Crippen LogP contribution < -0.4 is 5.32 Å². The Balaban J connectivity index is 1.54. The SMILES string of the molecule is O=C(OCC1CCOC1)[C@H]1Cc2ccccc2CN1. The van der Waals surface area contributed by atoms with Crippen LogP contribution in [-0.2, 0) is 27.2 Å². The van der Waals surface area contributed by atoms with Gasteiger partial charge >= 0.3 is 5.97 Å². The first-order chi connectivity index (χ1) is 9.33. The van der Waals surface area contributed by atoms with Gasteiger partial charge in [-0.25, -0.2) is 0 Å². The van der Waals surface area contributed by atoms with E-state index < -0.39 is 0 Å². The average Bonchev–Trinajstić information content (AvgIpc) is 2.97. The van der Waals surface area contributed by atoms with E-state index in [0.29, 0.717) is 19.1 Å². The Morgan fingerprint density at radius 3 is 3.00 bits per heavy atom. The second kappa shape index (κ2) is 5.72. The van der Waals surface area contributed by atoms with Crippen molar-refractivity contribution in [2.75, 3.05) is 19.8 Å². The molecule has 0 amide bonds. The van der Waals surface area contributed by atoms with E-state index in [1.165, 1.54) is 11.1 Å². The first-order valence-electron chi connectivity index (χ1n) is 6.87. The molecular weight excluding hydrogens is 242 g/mol. The van der Waals surface area contributed by atoms with Crippen LogP contribution in [-0.4, -0.2) is 31.8 Å². The number of hydrogen-bond donors (Lipinski definition) is 1. The number of esters is 1. The van der Waals surface area contributed by atoms with Gasteiger partial charge in [0, 0.05) is 19.1 Å². The quantitative estimate of drug-likeness (QED) is 0.833. The molecule has 1 fully saturated rings. The van der Waals surface area contributed by atoms with E-state index in [-0.39, 0.29) is 12.0 Å². The highest BCUT2D eigenvalue weighted by Gasteiger charge is 2.26. The molecule has 1 saturated heterocycles. The molecule has 19 heavy (non-hydrogen) atoms. The minimum Gasteiger partial charge on any atom is -0.464 e. The Hall–Kier alpha value is -1.39. The molecule has 2 aliphatic heterocycles. The third-order valence-electron chi connectivity index (χ3n) is 3.85. The first kappa shape index (κ1) is 12.6. The normalized spacial score (nSPS) is 25.9. The van der Waals surface area contributed by atoms with Crippen LogP contribution in [0.1, 0.15) is 17.5 Å². The molecule has 1 aromatic carbocycles. The van der Waals surface area contributed by atoms with Gasteiger partial charge in [-0.1, -0.05) is 24.3 Å². The van der Waals surface area contributed by atoms with Gasteiger partial charge in [-0.3, -0.25) is 4.79 Å². The zero-order chi connectivity index (χ0) is 13.1. The minimum absolute atomic E-state index is 0.138. The molecule has 2 aliphatic rings. The molecule has 3 rings (SSSR count). The predicted molar refractivity (Wildman–Crippen MR) is 70.7 cm³/mol. The Kier molecular flexibility index (Phi) is 3.80. The third kappa shape index (κ3) is 2.96. The van der Waals surface area contributed by atoms with Crippen molar-refractivity contribution in [1.82, 2.24) is 5.32 Å². The van der Waals surface area contributed by atoms with E-state index in [0.717, 1.165) is 26.0 Å². The van der Waals surface area contributed by atoms with Crippen molar-refractivity contribution in [3.63, 3.8) is 0 Å². The maximum atomic E-state index is 12.0. The number of carbonyl (C=O) groups is 1. The minimum atomic E-state index is -0.211. The highest BCUT2D eigenvalue weighted by Crippen LogP contribution is 2.18. The second-order valence-corrected chi connectivity index (χ2v) is 5.27. The van der Waals surface area contributed by atoms with Crippen molar-refractivity contribution < 1.29 is 14.3 Å². The molecule has 102 valence electrons. The molecule has 0 aliphatic carbocycles. The molecule has 1 N–H and O–H groups in total. The molecule has 2 atom stereocenters. The zero-order valence-electron chi connectivity index (χ0n) is 10.9. The van der Waals surface area contributed by atoms with Gasteiger partial charge in [-0.05, 0) is 24.0 Å². The van der Waals surface area contributed by atoms with E-state index in [2.05, 4.69) is 17.4 Å². The lowest BCUT2D eigenvalue weighted by Crippen LogP contribution is -2.43. The lowest BCUT2D eigenvalue weighted by molar-refractivity contribution is -0.147. The van der Waals surface area contributed by atoms with Crippen molar-refractivity contribution in [2.24, 2.45) is 5.92 Å². The number of carbonyl (C=O) groups excluding carboxylic acids is 1. The van der Waals surface area contributed by atoms with Gasteiger partial charge < -0.3 is 14.8 Å². The molecular formula is C15H19NO3. The summed E-state index contributed by atoms with van der Waals surface area (Å²) in [6, 6.07) is 8.01. The number of fused-ring (bicyclic) bond motifs is 1. The lowest BCUT2D eigenvalue weighted by atomic mass is 9.96. The number of nitrogens with one attached hydrogen (secondary N) is 1. The van der Waals surface area contributed by atoms with Gasteiger partial charge in [0.1, 0.15) is 6.04 Å². The highest BCUT2D eigenvalue weighted by atomic mass is 16.5. The van der Waals surface area contributed by atoms with Crippen LogP contribution in [0.25, 0.3) is 0 Å². The van der Waals surface area contributed by atoms with Crippen LogP contribution in [0.3, 0.4) is 0 Å². The Bertz CT molecular complexity index is 454. The smallest absolute Gasteiger partial charge is 0.323 e. The predicted octanol–water partition coefficient (Wildman–Crippen LogP) is 1.28. The van der Waals surface area contributed by atoms with Gasteiger partial charge in [0.05, 0.1) is 13.2 Å². The molecule has 4 heteroatoms. The van der Waals surface area contributed by atoms with Gasteiger partial charge in [-0.15, -0.1) is 0 Å². The fourth-order valence-electron chi connectivity index (χ4n) is 2.64. The van der Waals surface area contributed by atoms with Crippen LogP contribution in [0, 0.1) is 5.92 Å². The molecule has 0 spiro atoms. The fraction of sp³-hybridized carbons (Fsp3) is 0.533. The van der Waals surface area contributed by atoms with E-state index in [1.54, 1.807) is 0 Å². The molecule has 0 bridgehead atoms. The number of ether oxygens (including phenoxy) is 2. The third-order valence-corrected chi connectivity index (χ3v) is 3.85. The largest absolute Gasteiger partial charge is 0.464 e. The standard InChI is InChI=1S/C15H19NO3/c17-15(19-10-11-5-6-18-9-11)14-7-12-3-1-2-4-13(12)8-16-14/h1-4,11,14,16H,5-10H2/t11?,14-/m1/s1. The van der Waals surface area contributed by atoms with Gasteiger partial charge in [0.25, 0.3) is 0 Å². The lowest BCUT2D eigenvalue weighted by Gasteiger charge is -2.25. The summed E-state index contributed by atoms with van der Waals surface area (Å²) in [5.41, 5.74) is 2.52. The van der Waals surface area contributed by atoms with Crippen LogP contribution in [0.15, 0.2) is 24.3 Å². The summed E-state index contributed by atoms with van der Waals surface area (Å²) in [5.74, 6) is 0.237. The molecule has 4 nitrogen and oxygen atoms in total. The van der Waals surface area contributed by atoms with E-state index >= 15 is 0 Å². The maximum Gasteiger partial charge on any atom is 0.323 e. The Morgan fingerprint density at radius 1 is 1.37 bits per heavy atom. The second-order valence-electron chi connectivity index (χ2n) is 5.27. The van der Waals surface area contributed by atoms with E-state index in [1.807, 2.05) is 12.1 Å². The summed E-state index contributed by atoms with van der Waals surface area (Å²) in [7, 11) is 0. The summed E-state index contributed by atoms with van der Waals surface area (Å²) in [5, 5.41) is 3.24. The molecule has 1 unspecified atom stereocenters. The van der Waals surface area contributed by atoms with Crippen LogP contribution >= 0.6 is 0 Å². The average molecular weight is 261 g/mol. The van der Waals surface area contributed by atoms with Gasteiger partial charge in [0.2, 0.25) is 0 Å². The molecule has 0 radical (unpaired) electrons. The van der Waals surface area contributed by atoms with Crippen LogP contribution in [0.5, 0.6) is 0 Å². The Labute approximate surface area is 113 Å². The fourth-order valence-corrected chi connectivity index (χ4v) is 2.64. The summed E-state index contributed by atoms with van der Waals surface area (Å²) in [6.45, 7) is 2.73. The van der Waals surface area contributed by atoms with Gasteiger partial charge in [-0.2, -0.15) is 0 Å². The van der Waals surface area contributed by atoms with Crippen molar-refractivity contribution in [2.45, 2.75) is 25.4 Å². The Morgan fingerprint density at radius 2 is 2.21 bits per heavy atom. The van der Waals surface area contributed by atoms with Crippen LogP contribution in [0.4, 0.5) is 0 Å². The van der Waals surface area contributed by atoms with E-state index in [4.69, 9.17) is 9.47 Å². The number of benzene rings is 1. The van der Waals surface area contributed by atoms with Crippen molar-refractivity contribution in [3.05, 3.63) is 35.4 Å². The zero-order valence-corrected chi connectivity index (χ0v) is 10.9. The van der Waals surface area contributed by atoms with E-state index in [9.17, 15) is 4.79 Å². The summed E-state index contributed by atoms with van der Waals surface area (Å²) >= 11 is 0. The maximum absolute atomic E-state index is 12.0.